The maximum Gasteiger partial charge on any atom is 0.359 e. The van der Waals surface area contributed by atoms with Gasteiger partial charge in [0.15, 0.2) is 17.2 Å². The van der Waals surface area contributed by atoms with Crippen molar-refractivity contribution in [1.29, 1.82) is 0 Å². The second kappa shape index (κ2) is 9.38. The van der Waals surface area contributed by atoms with Gasteiger partial charge in [0.2, 0.25) is 0 Å². The van der Waals surface area contributed by atoms with Crippen LogP contribution in [0.25, 0.3) is 0 Å². The first-order valence-corrected chi connectivity index (χ1v) is 12.0. The molecule has 2 aromatic heterocycles. The number of benzene rings is 1. The Balaban J connectivity index is 1.43. The summed E-state index contributed by atoms with van der Waals surface area (Å²) in [5.41, 5.74) is 2.96. The highest BCUT2D eigenvalue weighted by molar-refractivity contribution is 7.12. The van der Waals surface area contributed by atoms with E-state index in [1.54, 1.807) is 24.3 Å². The molecule has 10 heteroatoms. The number of esters is 1. The van der Waals surface area contributed by atoms with Crippen LogP contribution in [0.2, 0.25) is 0 Å². The zero-order valence-corrected chi connectivity index (χ0v) is 19.9. The Morgan fingerprint density at radius 1 is 1.18 bits per heavy atom. The van der Waals surface area contributed by atoms with E-state index in [0.29, 0.717) is 49.1 Å². The fourth-order valence-electron chi connectivity index (χ4n) is 4.22. The Kier molecular flexibility index (Phi) is 6.14. The molecule has 1 aromatic carbocycles. The van der Waals surface area contributed by atoms with Gasteiger partial charge >= 0.3 is 5.97 Å². The Morgan fingerprint density at radius 2 is 1.97 bits per heavy atom. The molecule has 0 spiro atoms. The molecule has 0 radical (unpaired) electrons. The van der Waals surface area contributed by atoms with E-state index in [1.165, 1.54) is 11.3 Å². The molecule has 1 amide bonds. The normalized spacial score (nSPS) is 14.5. The summed E-state index contributed by atoms with van der Waals surface area (Å²) in [7, 11) is 1.63. The standard InChI is InChI=1S/C24H25N3O6S/c1-3-31-24(29)20-17-13-26(23(28)22-21-19(14-34-22)32-10-11-33-21)9-8-18(17)27(25-20)12-15-4-6-16(30-2)7-5-15/h4-7,14H,3,8-13H2,1-2H3. The molecule has 0 N–H and O–H groups in total. The molecule has 0 bridgehead atoms. The summed E-state index contributed by atoms with van der Waals surface area (Å²) in [6.45, 7) is 4.19. The van der Waals surface area contributed by atoms with E-state index < -0.39 is 5.97 Å². The van der Waals surface area contributed by atoms with Crippen molar-refractivity contribution < 1.29 is 28.5 Å². The lowest BCUT2D eigenvalue weighted by Crippen LogP contribution is -2.36. The first kappa shape index (κ1) is 22.3. The van der Waals surface area contributed by atoms with E-state index in [2.05, 4.69) is 5.10 Å². The highest BCUT2D eigenvalue weighted by Crippen LogP contribution is 2.40. The number of rotatable bonds is 6. The minimum atomic E-state index is -0.480. The molecule has 2 aliphatic rings. The molecule has 0 saturated heterocycles. The Labute approximate surface area is 200 Å². The van der Waals surface area contributed by atoms with Gasteiger partial charge in [-0.25, -0.2) is 4.79 Å². The van der Waals surface area contributed by atoms with Crippen LogP contribution in [-0.2, 0) is 24.2 Å². The predicted octanol–water partition coefficient (Wildman–Crippen LogP) is 3.15. The number of carbonyl (C=O) groups excluding carboxylic acids is 2. The third-order valence-electron chi connectivity index (χ3n) is 5.88. The number of amides is 1. The zero-order chi connectivity index (χ0) is 23.7. The van der Waals surface area contributed by atoms with E-state index in [1.807, 2.05) is 28.9 Å². The number of thiophene rings is 1. The SMILES string of the molecule is CCOC(=O)c1nn(Cc2ccc(OC)cc2)c2c1CN(C(=O)c1scc3c1OCCO3)CC2. The van der Waals surface area contributed by atoms with Crippen LogP contribution in [0.15, 0.2) is 29.6 Å². The lowest BCUT2D eigenvalue weighted by Gasteiger charge is -2.28. The van der Waals surface area contributed by atoms with Crippen LogP contribution in [0.5, 0.6) is 17.2 Å². The summed E-state index contributed by atoms with van der Waals surface area (Å²) in [6.07, 6.45) is 0.578. The van der Waals surface area contributed by atoms with Crippen molar-refractivity contribution in [2.45, 2.75) is 26.4 Å². The zero-order valence-electron chi connectivity index (χ0n) is 19.0. The van der Waals surface area contributed by atoms with Crippen LogP contribution >= 0.6 is 11.3 Å². The lowest BCUT2D eigenvalue weighted by molar-refractivity contribution is 0.0513. The predicted molar refractivity (Wildman–Crippen MR) is 124 cm³/mol. The van der Waals surface area contributed by atoms with E-state index in [-0.39, 0.29) is 24.8 Å². The Hall–Kier alpha value is -3.53. The minimum Gasteiger partial charge on any atom is -0.497 e. The molecule has 2 aliphatic heterocycles. The van der Waals surface area contributed by atoms with E-state index in [9.17, 15) is 9.59 Å². The number of fused-ring (bicyclic) bond motifs is 2. The van der Waals surface area contributed by atoms with Crippen molar-refractivity contribution in [3.05, 3.63) is 57.0 Å². The van der Waals surface area contributed by atoms with Crippen molar-refractivity contribution in [2.24, 2.45) is 0 Å². The molecule has 5 rings (SSSR count). The molecule has 0 aliphatic carbocycles. The molecular formula is C24H25N3O6S. The van der Waals surface area contributed by atoms with Crippen LogP contribution < -0.4 is 14.2 Å². The van der Waals surface area contributed by atoms with Gasteiger partial charge in [-0.15, -0.1) is 11.3 Å². The minimum absolute atomic E-state index is 0.139. The molecular weight excluding hydrogens is 458 g/mol. The van der Waals surface area contributed by atoms with Gasteiger partial charge in [-0.3, -0.25) is 9.48 Å². The number of nitrogens with zero attached hydrogens (tertiary/aromatic N) is 3. The summed E-state index contributed by atoms with van der Waals surface area (Å²) in [6, 6.07) is 7.73. The van der Waals surface area contributed by atoms with Crippen molar-refractivity contribution >= 4 is 23.2 Å². The molecule has 0 fully saturated rings. The highest BCUT2D eigenvalue weighted by Gasteiger charge is 2.33. The van der Waals surface area contributed by atoms with Crippen molar-refractivity contribution in [2.75, 3.05) is 33.5 Å². The average Bonchev–Trinajstić information content (AvgIpc) is 3.46. The highest BCUT2D eigenvalue weighted by atomic mass is 32.1. The van der Waals surface area contributed by atoms with Crippen molar-refractivity contribution in [1.82, 2.24) is 14.7 Å². The summed E-state index contributed by atoms with van der Waals surface area (Å²) in [5, 5.41) is 6.41. The maximum atomic E-state index is 13.4. The molecule has 178 valence electrons. The van der Waals surface area contributed by atoms with Gasteiger partial charge in [-0.05, 0) is 24.6 Å². The number of hydrogen-bond donors (Lipinski definition) is 0. The summed E-state index contributed by atoms with van der Waals surface area (Å²) < 4.78 is 23.6. The molecule has 34 heavy (non-hydrogen) atoms. The average molecular weight is 484 g/mol. The molecule has 0 atom stereocenters. The summed E-state index contributed by atoms with van der Waals surface area (Å²) in [5.74, 6) is 1.27. The molecule has 0 saturated carbocycles. The Bertz CT molecular complexity index is 1220. The van der Waals surface area contributed by atoms with E-state index in [0.717, 1.165) is 22.6 Å². The van der Waals surface area contributed by atoms with Crippen molar-refractivity contribution in [3.63, 3.8) is 0 Å². The van der Waals surface area contributed by atoms with Gasteiger partial charge in [-0.2, -0.15) is 5.10 Å². The van der Waals surface area contributed by atoms with Gasteiger partial charge in [0, 0.05) is 29.6 Å². The second-order valence-electron chi connectivity index (χ2n) is 7.93. The quantitative estimate of drug-likeness (QED) is 0.498. The van der Waals surface area contributed by atoms with Gasteiger partial charge in [0.1, 0.15) is 23.8 Å². The van der Waals surface area contributed by atoms with Crippen LogP contribution in [-0.4, -0.2) is 60.0 Å². The third-order valence-corrected chi connectivity index (χ3v) is 6.80. The first-order valence-electron chi connectivity index (χ1n) is 11.1. The van der Waals surface area contributed by atoms with Crippen LogP contribution in [0, 0.1) is 0 Å². The molecule has 4 heterocycles. The van der Waals surface area contributed by atoms with Crippen molar-refractivity contribution in [3.8, 4) is 17.2 Å². The van der Waals surface area contributed by atoms with E-state index in [4.69, 9.17) is 18.9 Å². The van der Waals surface area contributed by atoms with Crippen LogP contribution in [0.3, 0.4) is 0 Å². The topological polar surface area (TPSA) is 92.1 Å². The number of methoxy groups -OCH3 is 1. The lowest BCUT2D eigenvalue weighted by atomic mass is 10.0. The third kappa shape index (κ3) is 4.09. The van der Waals surface area contributed by atoms with Crippen LogP contribution in [0.1, 0.15) is 43.9 Å². The Morgan fingerprint density at radius 3 is 2.74 bits per heavy atom. The molecule has 0 unspecified atom stereocenters. The number of aromatic nitrogens is 2. The smallest absolute Gasteiger partial charge is 0.359 e. The fourth-order valence-corrected chi connectivity index (χ4v) is 5.11. The summed E-state index contributed by atoms with van der Waals surface area (Å²) >= 11 is 1.31. The van der Waals surface area contributed by atoms with E-state index >= 15 is 0 Å². The van der Waals surface area contributed by atoms with Gasteiger partial charge in [0.25, 0.3) is 5.91 Å². The maximum absolute atomic E-state index is 13.4. The van der Waals surface area contributed by atoms with Gasteiger partial charge in [-0.1, -0.05) is 12.1 Å². The number of carbonyl (C=O) groups is 2. The fraction of sp³-hybridized carbons (Fsp3) is 0.375. The molecule has 3 aromatic rings. The molecule has 9 nitrogen and oxygen atoms in total. The number of hydrogen-bond acceptors (Lipinski definition) is 8. The summed E-state index contributed by atoms with van der Waals surface area (Å²) in [4.78, 5) is 28.3. The monoisotopic (exact) mass is 483 g/mol. The number of ether oxygens (including phenoxy) is 4. The van der Waals surface area contributed by atoms with Crippen LogP contribution in [0.4, 0.5) is 0 Å². The second-order valence-corrected chi connectivity index (χ2v) is 8.81. The largest absolute Gasteiger partial charge is 0.497 e. The first-order chi connectivity index (χ1) is 16.6. The van der Waals surface area contributed by atoms with Gasteiger partial charge in [0.05, 0.1) is 26.8 Å². The van der Waals surface area contributed by atoms with Gasteiger partial charge < -0.3 is 23.8 Å².